The standard InChI is InChI=1S/C17H18FN5S/c18-15-10-13(3-4-16(15)23-8-7-20-12-23)11-22-17(19)21-6-5-14-2-1-9-24-14/h1-4,7-10,12H,5-6,11H2,(H3,19,21,22). The van der Waals surface area contributed by atoms with Crippen LogP contribution in [-0.2, 0) is 13.0 Å². The van der Waals surface area contributed by atoms with Crippen molar-refractivity contribution in [3.8, 4) is 5.69 Å². The van der Waals surface area contributed by atoms with E-state index in [1.54, 1.807) is 40.7 Å². The van der Waals surface area contributed by atoms with Crippen LogP contribution in [0, 0.1) is 5.82 Å². The second kappa shape index (κ2) is 7.74. The third-order valence-electron chi connectivity index (χ3n) is 3.48. The van der Waals surface area contributed by atoms with E-state index in [-0.39, 0.29) is 5.82 Å². The van der Waals surface area contributed by atoms with Gasteiger partial charge in [0.2, 0.25) is 0 Å². The predicted octanol–water partition coefficient (Wildman–Crippen LogP) is 2.72. The molecule has 3 aromatic rings. The summed E-state index contributed by atoms with van der Waals surface area (Å²) in [6.45, 7) is 1.06. The van der Waals surface area contributed by atoms with E-state index < -0.39 is 0 Å². The monoisotopic (exact) mass is 343 g/mol. The highest BCUT2D eigenvalue weighted by atomic mass is 32.1. The van der Waals surface area contributed by atoms with Crippen LogP contribution in [0.4, 0.5) is 4.39 Å². The molecule has 3 rings (SSSR count). The zero-order chi connectivity index (χ0) is 16.8. The van der Waals surface area contributed by atoms with Crippen LogP contribution in [0.5, 0.6) is 0 Å². The van der Waals surface area contributed by atoms with Gasteiger partial charge in [-0.25, -0.2) is 14.4 Å². The number of guanidine groups is 1. The quantitative estimate of drug-likeness (QED) is 0.534. The van der Waals surface area contributed by atoms with Gasteiger partial charge < -0.3 is 15.6 Å². The minimum absolute atomic E-state index is 0.315. The fourth-order valence-corrected chi connectivity index (χ4v) is 2.97. The number of hydrogen-bond donors (Lipinski definition) is 2. The Kier molecular flexibility index (Phi) is 5.22. The third-order valence-corrected chi connectivity index (χ3v) is 4.42. The molecule has 0 fully saturated rings. The van der Waals surface area contributed by atoms with Crippen molar-refractivity contribution in [2.75, 3.05) is 6.54 Å². The van der Waals surface area contributed by atoms with E-state index in [1.165, 1.54) is 10.9 Å². The smallest absolute Gasteiger partial charge is 0.188 e. The minimum atomic E-state index is -0.315. The van der Waals surface area contributed by atoms with Gasteiger partial charge in [0, 0.05) is 23.8 Å². The zero-order valence-corrected chi connectivity index (χ0v) is 13.8. The van der Waals surface area contributed by atoms with E-state index in [0.29, 0.717) is 18.2 Å². The number of nitrogens with two attached hydrogens (primary N) is 1. The Morgan fingerprint density at radius 2 is 2.29 bits per heavy atom. The maximum absolute atomic E-state index is 14.2. The molecule has 0 aliphatic rings. The molecule has 0 bridgehead atoms. The molecule has 0 atom stereocenters. The molecular weight excluding hydrogens is 325 g/mol. The second-order valence-electron chi connectivity index (χ2n) is 5.21. The van der Waals surface area contributed by atoms with E-state index in [0.717, 1.165) is 18.5 Å². The van der Waals surface area contributed by atoms with E-state index in [2.05, 4.69) is 26.7 Å². The molecule has 0 unspecified atom stereocenters. The van der Waals surface area contributed by atoms with Crippen LogP contribution in [0.2, 0.25) is 0 Å². The summed E-state index contributed by atoms with van der Waals surface area (Å²) in [7, 11) is 0. The molecule has 0 amide bonds. The second-order valence-corrected chi connectivity index (χ2v) is 6.25. The SMILES string of the molecule is NC(=NCc1ccc(-n2ccnc2)c(F)c1)NCCc1cccs1. The number of imidazole rings is 1. The Hall–Kier alpha value is -2.67. The van der Waals surface area contributed by atoms with Gasteiger partial charge in [-0.05, 0) is 35.6 Å². The first-order chi connectivity index (χ1) is 11.7. The average molecular weight is 343 g/mol. The molecule has 0 radical (unpaired) electrons. The molecule has 3 N–H and O–H groups in total. The third kappa shape index (κ3) is 4.20. The fraction of sp³-hybridized carbons (Fsp3) is 0.176. The summed E-state index contributed by atoms with van der Waals surface area (Å²) in [5.41, 5.74) is 7.07. The van der Waals surface area contributed by atoms with Crippen molar-refractivity contribution < 1.29 is 4.39 Å². The van der Waals surface area contributed by atoms with Gasteiger partial charge >= 0.3 is 0 Å². The summed E-state index contributed by atoms with van der Waals surface area (Å²) < 4.78 is 15.8. The van der Waals surface area contributed by atoms with Crippen LogP contribution in [0.15, 0.2) is 59.4 Å². The maximum atomic E-state index is 14.2. The molecule has 0 saturated carbocycles. The molecule has 0 spiro atoms. The largest absolute Gasteiger partial charge is 0.370 e. The molecule has 1 aromatic carbocycles. The normalized spacial score (nSPS) is 11.6. The zero-order valence-electron chi connectivity index (χ0n) is 13.0. The summed E-state index contributed by atoms with van der Waals surface area (Å²) in [5.74, 6) is 0.0515. The number of rotatable bonds is 6. The van der Waals surface area contributed by atoms with E-state index >= 15 is 0 Å². The lowest BCUT2D eigenvalue weighted by Gasteiger charge is -2.07. The van der Waals surface area contributed by atoms with Crippen molar-refractivity contribution >= 4 is 17.3 Å². The van der Waals surface area contributed by atoms with Gasteiger partial charge in [0.1, 0.15) is 5.82 Å². The first kappa shape index (κ1) is 16.2. The Morgan fingerprint density at radius 1 is 1.38 bits per heavy atom. The molecular formula is C17H18FN5S. The van der Waals surface area contributed by atoms with E-state index in [9.17, 15) is 4.39 Å². The number of aromatic nitrogens is 2. The summed E-state index contributed by atoms with van der Waals surface area (Å²) in [6.07, 6.45) is 5.78. The van der Waals surface area contributed by atoms with Crippen LogP contribution in [0.1, 0.15) is 10.4 Å². The summed E-state index contributed by atoms with van der Waals surface area (Å²) in [4.78, 5) is 9.47. The molecule has 24 heavy (non-hydrogen) atoms. The van der Waals surface area contributed by atoms with Gasteiger partial charge in [-0.1, -0.05) is 12.1 Å². The minimum Gasteiger partial charge on any atom is -0.370 e. The lowest BCUT2D eigenvalue weighted by molar-refractivity contribution is 0.615. The molecule has 0 aliphatic heterocycles. The maximum Gasteiger partial charge on any atom is 0.188 e. The highest BCUT2D eigenvalue weighted by Gasteiger charge is 2.05. The van der Waals surface area contributed by atoms with Crippen LogP contribution in [0.3, 0.4) is 0 Å². The van der Waals surface area contributed by atoms with Gasteiger partial charge in [-0.15, -0.1) is 11.3 Å². The van der Waals surface area contributed by atoms with Crippen molar-refractivity contribution in [3.63, 3.8) is 0 Å². The number of benzene rings is 1. The number of aliphatic imine (C=N–C) groups is 1. The van der Waals surface area contributed by atoms with Crippen LogP contribution in [0.25, 0.3) is 5.69 Å². The summed E-state index contributed by atoms with van der Waals surface area (Å²) in [6, 6.07) is 9.13. The predicted molar refractivity (Wildman–Crippen MR) is 94.9 cm³/mol. The number of nitrogens with one attached hydrogen (secondary N) is 1. The number of thiophene rings is 1. The lowest BCUT2D eigenvalue weighted by atomic mass is 10.2. The first-order valence-electron chi connectivity index (χ1n) is 7.55. The molecule has 2 aromatic heterocycles. The van der Waals surface area contributed by atoms with Gasteiger partial charge in [0.15, 0.2) is 5.96 Å². The van der Waals surface area contributed by atoms with Gasteiger partial charge in [-0.2, -0.15) is 0 Å². The highest BCUT2D eigenvalue weighted by Crippen LogP contribution is 2.15. The lowest BCUT2D eigenvalue weighted by Crippen LogP contribution is -2.33. The Balaban J connectivity index is 1.54. The first-order valence-corrected chi connectivity index (χ1v) is 8.43. The number of hydrogen-bond acceptors (Lipinski definition) is 3. The molecule has 5 nitrogen and oxygen atoms in total. The Morgan fingerprint density at radius 3 is 3.00 bits per heavy atom. The van der Waals surface area contributed by atoms with Crippen molar-refractivity contribution in [2.24, 2.45) is 10.7 Å². The van der Waals surface area contributed by atoms with Crippen molar-refractivity contribution in [2.45, 2.75) is 13.0 Å². The molecule has 7 heteroatoms. The van der Waals surface area contributed by atoms with Gasteiger partial charge in [0.05, 0.1) is 18.6 Å². The fourth-order valence-electron chi connectivity index (χ4n) is 2.26. The average Bonchev–Trinajstić information content (AvgIpc) is 3.26. The van der Waals surface area contributed by atoms with Crippen molar-refractivity contribution in [1.82, 2.24) is 14.9 Å². The highest BCUT2D eigenvalue weighted by molar-refractivity contribution is 7.09. The topological polar surface area (TPSA) is 68.2 Å². The van der Waals surface area contributed by atoms with Crippen LogP contribution < -0.4 is 11.1 Å². The van der Waals surface area contributed by atoms with Crippen molar-refractivity contribution in [3.05, 3.63) is 70.7 Å². The van der Waals surface area contributed by atoms with Gasteiger partial charge in [0.25, 0.3) is 0 Å². The molecule has 2 heterocycles. The van der Waals surface area contributed by atoms with Crippen LogP contribution >= 0.6 is 11.3 Å². The summed E-state index contributed by atoms with van der Waals surface area (Å²) >= 11 is 1.72. The Labute approximate surface area is 143 Å². The number of halogens is 1. The van der Waals surface area contributed by atoms with Crippen LogP contribution in [-0.4, -0.2) is 22.1 Å². The number of nitrogens with zero attached hydrogens (tertiary/aromatic N) is 3. The van der Waals surface area contributed by atoms with E-state index in [1.807, 2.05) is 12.1 Å². The molecule has 0 saturated heterocycles. The van der Waals surface area contributed by atoms with Crippen molar-refractivity contribution in [1.29, 1.82) is 0 Å². The molecule has 0 aliphatic carbocycles. The van der Waals surface area contributed by atoms with E-state index in [4.69, 9.17) is 5.73 Å². The molecule has 124 valence electrons. The van der Waals surface area contributed by atoms with Gasteiger partial charge in [-0.3, -0.25) is 0 Å². The summed E-state index contributed by atoms with van der Waals surface area (Å²) in [5, 5.41) is 5.12. The Bertz CT molecular complexity index is 797.